The zero-order chi connectivity index (χ0) is 55.0. The molecule has 386 valence electrons. The average Bonchev–Trinajstić information content (AvgIpc) is 3.42. The molecule has 0 aliphatic carbocycles. The monoisotopic (exact) mass is 1020 g/mol. The van der Waals surface area contributed by atoms with E-state index >= 15 is 0 Å². The van der Waals surface area contributed by atoms with Gasteiger partial charge in [0.1, 0.15) is 46.0 Å². The van der Waals surface area contributed by atoms with Gasteiger partial charge in [-0.15, -0.1) is 0 Å². The molecule has 76 heavy (non-hydrogen) atoms. The first-order chi connectivity index (χ1) is 36.5. The van der Waals surface area contributed by atoms with Gasteiger partial charge in [0.2, 0.25) is 0 Å². The lowest BCUT2D eigenvalue weighted by Gasteiger charge is -2.05. The third kappa shape index (κ3) is 18.0. The molecule has 0 aromatic heterocycles. The topological polar surface area (TPSA) is 208 Å². The van der Waals surface area contributed by atoms with Gasteiger partial charge in [0.25, 0.3) is 0 Å². The number of phenols is 6. The second-order valence-electron chi connectivity index (χ2n) is 16.8. The van der Waals surface area contributed by atoms with Crippen LogP contribution in [0.25, 0.3) is 18.2 Å². The Labute approximate surface area is 441 Å². The molecule has 0 spiro atoms. The minimum absolute atomic E-state index is 0.00869. The maximum Gasteiger partial charge on any atom is 0.189 e. The molecule has 0 aliphatic rings. The Kier molecular flexibility index (Phi) is 21.7. The van der Waals surface area contributed by atoms with E-state index in [0.717, 1.165) is 39.1 Å². The van der Waals surface area contributed by atoms with E-state index in [-0.39, 0.29) is 63.2 Å². The zero-order valence-electron chi connectivity index (χ0n) is 42.3. The number of methoxy groups -OCH3 is 2. The number of Topliss-reactive ketones (excluding diaryl/α,β-unsaturated/α-hetero) is 1. The fourth-order valence-corrected chi connectivity index (χ4v) is 7.06. The van der Waals surface area contributed by atoms with Crippen molar-refractivity contribution in [2.75, 3.05) is 14.2 Å². The van der Waals surface area contributed by atoms with Crippen LogP contribution in [-0.4, -0.2) is 68.0 Å². The SMILES string of the molecule is COc1cc(O)ccc1C(=O)/C=C/c1ccc(O)cc1.COc1ccc(/C=C/C(=O)c2ccc(C)cc2O)cc1.Cc1ccccc1/C=C/C(=O)c1ccccc1O.O=C(CCc1ccccc1)c1ccc(O)cc1O. The third-order valence-electron chi connectivity index (χ3n) is 11.3. The lowest BCUT2D eigenvalue weighted by Crippen LogP contribution is -2.01. The van der Waals surface area contributed by atoms with E-state index in [4.69, 9.17) is 14.6 Å². The molecule has 0 bridgehead atoms. The maximum atomic E-state index is 12.1. The standard InChI is InChI=1S/C17H16O3.C16H14O4.C16H14O2.C15H14O3/c1-12-3-9-15(17(19)11-12)16(18)10-6-13-4-7-14(20-2)8-5-13;1-20-16-10-13(18)7-8-14(16)15(19)9-4-11-2-5-12(17)6-3-11;1-12-6-2-3-7-13(12)10-11-16(18)14-8-4-5-9-15(14)17;16-12-7-8-13(15(18)10-12)14(17)9-6-11-4-2-1-3-5-11/h3-11,19H,1-2H3;2-10,17-18H,1H3;2-11,17H,1H3;1-5,7-8,10,16,18H,6,9H2/b10-6+;9-4+;11-10+;. The number of hydrogen-bond acceptors (Lipinski definition) is 12. The van der Waals surface area contributed by atoms with Gasteiger partial charge in [-0.2, -0.15) is 0 Å². The van der Waals surface area contributed by atoms with Crippen molar-refractivity contribution < 1.29 is 59.3 Å². The minimum Gasteiger partial charge on any atom is -0.508 e. The van der Waals surface area contributed by atoms with Crippen molar-refractivity contribution in [2.45, 2.75) is 26.7 Å². The summed E-state index contributed by atoms with van der Waals surface area (Å²) in [5, 5.41) is 56.6. The van der Waals surface area contributed by atoms with Gasteiger partial charge < -0.3 is 40.1 Å². The highest BCUT2D eigenvalue weighted by molar-refractivity contribution is 6.10. The first-order valence-corrected chi connectivity index (χ1v) is 23.7. The van der Waals surface area contributed by atoms with Gasteiger partial charge in [-0.25, -0.2) is 0 Å². The molecule has 0 radical (unpaired) electrons. The number of carbonyl (C=O) groups is 4. The number of ketones is 4. The van der Waals surface area contributed by atoms with Gasteiger partial charge in [-0.05, 0) is 145 Å². The Balaban J connectivity index is 0.000000187. The van der Waals surface area contributed by atoms with Crippen molar-refractivity contribution in [3.63, 3.8) is 0 Å². The number of allylic oxidation sites excluding steroid dienone is 3. The smallest absolute Gasteiger partial charge is 0.189 e. The van der Waals surface area contributed by atoms with E-state index in [0.29, 0.717) is 35.3 Å². The lowest BCUT2D eigenvalue weighted by molar-refractivity contribution is 0.0977. The molecule has 6 N–H and O–H groups in total. The van der Waals surface area contributed by atoms with Crippen molar-refractivity contribution >= 4 is 41.4 Å². The van der Waals surface area contributed by atoms with Gasteiger partial charge >= 0.3 is 0 Å². The molecular formula is C64H58O12. The average molecular weight is 1020 g/mol. The number of para-hydroxylation sites is 1. The number of benzene rings is 8. The highest BCUT2D eigenvalue weighted by atomic mass is 16.5. The van der Waals surface area contributed by atoms with E-state index in [2.05, 4.69) is 0 Å². The molecule has 0 unspecified atom stereocenters. The van der Waals surface area contributed by atoms with Gasteiger partial charge in [-0.1, -0.05) is 115 Å². The number of aryl methyl sites for hydroxylation is 3. The summed E-state index contributed by atoms with van der Waals surface area (Å²) >= 11 is 0. The van der Waals surface area contributed by atoms with Crippen LogP contribution in [0.4, 0.5) is 0 Å². The number of rotatable bonds is 15. The number of ether oxygens (including phenoxy) is 2. The van der Waals surface area contributed by atoms with E-state index in [1.165, 1.54) is 67.8 Å². The maximum absolute atomic E-state index is 12.1. The molecule has 8 aromatic carbocycles. The van der Waals surface area contributed by atoms with Crippen LogP contribution in [-0.2, 0) is 6.42 Å². The molecule has 0 saturated heterocycles. The fraction of sp³-hybridized carbons (Fsp3) is 0.0938. The second-order valence-corrected chi connectivity index (χ2v) is 16.8. The quantitative estimate of drug-likeness (QED) is 0.0419. The fourth-order valence-electron chi connectivity index (χ4n) is 7.06. The molecule has 12 heteroatoms. The van der Waals surface area contributed by atoms with Gasteiger partial charge in [0.05, 0.1) is 36.5 Å². The zero-order valence-corrected chi connectivity index (χ0v) is 42.3. The van der Waals surface area contributed by atoms with Crippen LogP contribution in [0.2, 0.25) is 0 Å². The molecule has 8 aromatic rings. The van der Waals surface area contributed by atoms with Crippen LogP contribution in [0.5, 0.6) is 46.0 Å². The molecule has 0 amide bonds. The highest BCUT2D eigenvalue weighted by Crippen LogP contribution is 2.27. The van der Waals surface area contributed by atoms with E-state index in [1.54, 1.807) is 86.0 Å². The number of phenolic OH excluding ortho intramolecular Hbond substituents is 6. The molecular weight excluding hydrogens is 961 g/mol. The molecule has 0 fully saturated rings. The van der Waals surface area contributed by atoms with Crippen LogP contribution in [0.15, 0.2) is 200 Å². The Hall–Kier alpha value is -9.94. The van der Waals surface area contributed by atoms with Crippen molar-refractivity contribution in [1.29, 1.82) is 0 Å². The largest absolute Gasteiger partial charge is 0.508 e. The van der Waals surface area contributed by atoms with Crippen LogP contribution in [0, 0.1) is 13.8 Å². The van der Waals surface area contributed by atoms with Crippen molar-refractivity contribution in [1.82, 2.24) is 0 Å². The molecule has 0 aliphatic heterocycles. The summed E-state index contributed by atoms with van der Waals surface area (Å²) in [6.45, 7) is 3.85. The summed E-state index contributed by atoms with van der Waals surface area (Å²) in [4.78, 5) is 47.9. The summed E-state index contributed by atoms with van der Waals surface area (Å²) in [5.74, 6) is 0.331. The number of hydrogen-bond donors (Lipinski definition) is 6. The number of carbonyl (C=O) groups excluding carboxylic acids is 4. The van der Waals surface area contributed by atoms with Gasteiger partial charge in [-0.3, -0.25) is 19.2 Å². The normalized spacial score (nSPS) is 10.6. The Morgan fingerprint density at radius 1 is 0.434 bits per heavy atom. The molecule has 0 heterocycles. The summed E-state index contributed by atoms with van der Waals surface area (Å²) in [7, 11) is 3.05. The minimum atomic E-state index is -0.227. The second kappa shape index (κ2) is 28.9. The van der Waals surface area contributed by atoms with Crippen LogP contribution in [0.3, 0.4) is 0 Å². The number of aromatic hydroxyl groups is 6. The van der Waals surface area contributed by atoms with Gasteiger partial charge in [0.15, 0.2) is 23.1 Å². The Bertz CT molecular complexity index is 3320. The highest BCUT2D eigenvalue weighted by Gasteiger charge is 2.13. The van der Waals surface area contributed by atoms with Crippen molar-refractivity contribution in [3.05, 3.63) is 256 Å². The van der Waals surface area contributed by atoms with Crippen molar-refractivity contribution in [2.24, 2.45) is 0 Å². The molecule has 12 nitrogen and oxygen atoms in total. The van der Waals surface area contributed by atoms with Crippen LogP contribution < -0.4 is 9.47 Å². The van der Waals surface area contributed by atoms with Crippen LogP contribution >= 0.6 is 0 Å². The first-order valence-electron chi connectivity index (χ1n) is 23.7. The van der Waals surface area contributed by atoms with Gasteiger partial charge in [0, 0.05) is 18.6 Å². The Morgan fingerprint density at radius 2 is 0.934 bits per heavy atom. The van der Waals surface area contributed by atoms with E-state index < -0.39 is 0 Å². The molecule has 0 atom stereocenters. The third-order valence-corrected chi connectivity index (χ3v) is 11.3. The summed E-state index contributed by atoms with van der Waals surface area (Å²) in [6.07, 6.45) is 10.5. The summed E-state index contributed by atoms with van der Waals surface area (Å²) in [5.41, 5.74) is 7.06. The summed E-state index contributed by atoms with van der Waals surface area (Å²) in [6, 6.07) is 51.3. The summed E-state index contributed by atoms with van der Waals surface area (Å²) < 4.78 is 10.1. The van der Waals surface area contributed by atoms with E-state index in [1.807, 2.05) is 92.7 Å². The molecule has 8 rings (SSSR count). The molecule has 0 saturated carbocycles. The van der Waals surface area contributed by atoms with E-state index in [9.17, 15) is 44.7 Å². The lowest BCUT2D eigenvalue weighted by atomic mass is 10.0. The van der Waals surface area contributed by atoms with Crippen LogP contribution in [0.1, 0.15) is 81.2 Å². The first kappa shape index (κ1) is 57.0. The Morgan fingerprint density at radius 3 is 1.53 bits per heavy atom. The predicted molar refractivity (Wildman–Crippen MR) is 297 cm³/mol. The van der Waals surface area contributed by atoms with Crippen molar-refractivity contribution in [3.8, 4) is 46.0 Å². The predicted octanol–water partition coefficient (Wildman–Crippen LogP) is 13.1.